The molecule has 146 valence electrons. The van der Waals surface area contributed by atoms with Crippen molar-refractivity contribution in [1.29, 1.82) is 5.26 Å². The second-order valence-electron chi connectivity index (χ2n) is 6.86. The van der Waals surface area contributed by atoms with Crippen LogP contribution in [0, 0.1) is 17.1 Å². The Morgan fingerprint density at radius 3 is 2.17 bits per heavy atom. The van der Waals surface area contributed by atoms with E-state index in [4.69, 9.17) is 0 Å². The topological polar surface area (TPSA) is 52.8 Å². The van der Waals surface area contributed by atoms with Gasteiger partial charge in [-0.2, -0.15) is 5.26 Å². The normalized spacial score (nSPS) is 11.5. The summed E-state index contributed by atoms with van der Waals surface area (Å²) in [5.74, 6) is -0.515. The first kappa shape index (κ1) is 19.3. The van der Waals surface area contributed by atoms with Gasteiger partial charge in [0.05, 0.1) is 35.4 Å². The molecule has 2 heterocycles. The van der Waals surface area contributed by atoms with E-state index in [1.807, 2.05) is 60.9 Å². The molecular weight excluding hydrogens is 375 g/mol. The molecule has 1 atom stereocenters. The van der Waals surface area contributed by atoms with Gasteiger partial charge in [-0.25, -0.2) is 4.39 Å². The summed E-state index contributed by atoms with van der Waals surface area (Å²) >= 11 is 0. The summed E-state index contributed by atoms with van der Waals surface area (Å²) in [6.07, 6.45) is 7.12. The van der Waals surface area contributed by atoms with Crippen LogP contribution in [0.25, 0.3) is 11.1 Å². The Labute approximate surface area is 174 Å². The van der Waals surface area contributed by atoms with Gasteiger partial charge in [-0.1, -0.05) is 30.3 Å². The van der Waals surface area contributed by atoms with E-state index in [2.05, 4.69) is 27.9 Å². The molecule has 0 saturated carbocycles. The van der Waals surface area contributed by atoms with Gasteiger partial charge in [0.15, 0.2) is 0 Å². The van der Waals surface area contributed by atoms with E-state index >= 15 is 0 Å². The van der Waals surface area contributed by atoms with Crippen LogP contribution in [0.1, 0.15) is 24.1 Å². The molecule has 0 aliphatic heterocycles. The van der Waals surface area contributed by atoms with Crippen LogP contribution in [-0.2, 0) is 0 Å². The molecule has 0 aliphatic carbocycles. The lowest BCUT2D eigenvalue weighted by molar-refractivity contribution is 0.624. The van der Waals surface area contributed by atoms with Gasteiger partial charge in [-0.05, 0) is 60.0 Å². The zero-order valence-corrected chi connectivity index (χ0v) is 16.4. The number of pyridine rings is 2. The molecular formula is C25H19FN4. The van der Waals surface area contributed by atoms with Gasteiger partial charge in [0, 0.05) is 12.4 Å². The van der Waals surface area contributed by atoms with Crippen molar-refractivity contribution in [3.8, 4) is 17.2 Å². The van der Waals surface area contributed by atoms with Crippen molar-refractivity contribution in [1.82, 2.24) is 9.97 Å². The minimum atomic E-state index is -0.515. The molecule has 4 rings (SSSR count). The molecule has 4 nitrogen and oxygen atoms in total. The van der Waals surface area contributed by atoms with Gasteiger partial charge in [-0.3, -0.25) is 9.97 Å². The number of nitriles is 1. The highest BCUT2D eigenvalue weighted by atomic mass is 19.1. The molecule has 0 amide bonds. The van der Waals surface area contributed by atoms with Crippen molar-refractivity contribution in [3.05, 3.63) is 108 Å². The van der Waals surface area contributed by atoms with Gasteiger partial charge in [-0.15, -0.1) is 0 Å². The van der Waals surface area contributed by atoms with Crippen LogP contribution >= 0.6 is 0 Å². The highest BCUT2D eigenvalue weighted by Gasteiger charge is 2.22. The lowest BCUT2D eigenvalue weighted by Crippen LogP contribution is -2.22. The van der Waals surface area contributed by atoms with Gasteiger partial charge in [0.25, 0.3) is 0 Å². The minimum absolute atomic E-state index is 0.0336. The van der Waals surface area contributed by atoms with Crippen molar-refractivity contribution in [2.75, 3.05) is 4.90 Å². The van der Waals surface area contributed by atoms with Crippen molar-refractivity contribution >= 4 is 11.4 Å². The molecule has 0 saturated heterocycles. The van der Waals surface area contributed by atoms with E-state index in [0.29, 0.717) is 0 Å². The lowest BCUT2D eigenvalue weighted by Gasteiger charge is -2.32. The van der Waals surface area contributed by atoms with Crippen LogP contribution in [0.5, 0.6) is 0 Å². The highest BCUT2D eigenvalue weighted by Crippen LogP contribution is 2.38. The number of aromatic nitrogens is 2. The largest absolute Gasteiger partial charge is 0.332 e. The molecule has 0 aliphatic rings. The second-order valence-corrected chi connectivity index (χ2v) is 6.86. The SMILES string of the molecule is CC(c1ccccc1-c1ccc(F)c(C#N)c1)N(c1cccnc1)c1cccnc1. The van der Waals surface area contributed by atoms with Crippen LogP contribution in [0.3, 0.4) is 0 Å². The predicted octanol–water partition coefficient (Wildman–Crippen LogP) is 6.05. The Bertz CT molecular complexity index is 1150. The smallest absolute Gasteiger partial charge is 0.140 e. The first-order chi connectivity index (χ1) is 14.7. The molecule has 4 aromatic rings. The van der Waals surface area contributed by atoms with Crippen LogP contribution in [-0.4, -0.2) is 9.97 Å². The Kier molecular flexibility index (Phi) is 5.49. The van der Waals surface area contributed by atoms with Crippen LogP contribution in [0.4, 0.5) is 15.8 Å². The molecule has 2 aromatic carbocycles. The first-order valence-corrected chi connectivity index (χ1v) is 9.57. The summed E-state index contributed by atoms with van der Waals surface area (Å²) in [4.78, 5) is 10.7. The Morgan fingerprint density at radius 1 is 0.900 bits per heavy atom. The van der Waals surface area contributed by atoms with Gasteiger partial charge in [0.2, 0.25) is 0 Å². The Hall–Kier alpha value is -4.04. The van der Waals surface area contributed by atoms with Crippen molar-refractivity contribution in [3.63, 3.8) is 0 Å². The van der Waals surface area contributed by atoms with Crippen molar-refractivity contribution in [2.24, 2.45) is 0 Å². The maximum absolute atomic E-state index is 13.9. The quantitative estimate of drug-likeness (QED) is 0.413. The molecule has 0 fully saturated rings. The molecule has 0 radical (unpaired) electrons. The van der Waals surface area contributed by atoms with E-state index in [9.17, 15) is 9.65 Å². The van der Waals surface area contributed by atoms with Gasteiger partial charge < -0.3 is 4.90 Å². The molecule has 0 spiro atoms. The number of hydrogen-bond acceptors (Lipinski definition) is 4. The second kappa shape index (κ2) is 8.54. The zero-order valence-electron chi connectivity index (χ0n) is 16.4. The number of halogens is 1. The number of rotatable bonds is 5. The van der Waals surface area contributed by atoms with Crippen molar-refractivity contribution < 1.29 is 4.39 Å². The van der Waals surface area contributed by atoms with E-state index in [0.717, 1.165) is 28.1 Å². The Balaban J connectivity index is 1.84. The standard InChI is InChI=1S/C25H19FN4/c1-18(30(21-6-4-12-28-16-21)22-7-5-13-29-17-22)23-8-2-3-9-24(23)19-10-11-25(26)20(14-19)15-27/h2-14,16-18H,1H3. The third-order valence-electron chi connectivity index (χ3n) is 5.04. The third kappa shape index (κ3) is 3.76. The van der Waals surface area contributed by atoms with E-state index in [1.54, 1.807) is 24.5 Å². The van der Waals surface area contributed by atoms with E-state index < -0.39 is 5.82 Å². The fourth-order valence-electron chi connectivity index (χ4n) is 3.63. The summed E-state index contributed by atoms with van der Waals surface area (Å²) in [5, 5.41) is 9.24. The Morgan fingerprint density at radius 2 is 1.57 bits per heavy atom. The average Bonchev–Trinajstić information content (AvgIpc) is 2.81. The van der Waals surface area contributed by atoms with Crippen molar-refractivity contribution in [2.45, 2.75) is 13.0 Å². The van der Waals surface area contributed by atoms with Crippen LogP contribution < -0.4 is 4.90 Å². The van der Waals surface area contributed by atoms with E-state index in [-0.39, 0.29) is 11.6 Å². The molecule has 1 unspecified atom stereocenters. The molecule has 0 N–H and O–H groups in total. The summed E-state index contributed by atoms with van der Waals surface area (Å²) in [6.45, 7) is 2.10. The lowest BCUT2D eigenvalue weighted by atomic mass is 9.93. The summed E-state index contributed by atoms with van der Waals surface area (Å²) < 4.78 is 13.9. The molecule has 30 heavy (non-hydrogen) atoms. The fourth-order valence-corrected chi connectivity index (χ4v) is 3.63. The van der Waals surface area contributed by atoms with E-state index in [1.165, 1.54) is 6.07 Å². The monoisotopic (exact) mass is 394 g/mol. The summed E-state index contributed by atoms with van der Waals surface area (Å²) in [6, 6.07) is 22.3. The first-order valence-electron chi connectivity index (χ1n) is 9.57. The maximum Gasteiger partial charge on any atom is 0.140 e. The number of anilines is 2. The van der Waals surface area contributed by atoms with Crippen LogP contribution in [0.2, 0.25) is 0 Å². The maximum atomic E-state index is 13.9. The highest BCUT2D eigenvalue weighted by molar-refractivity contribution is 5.72. The fraction of sp³-hybridized carbons (Fsp3) is 0.0800. The third-order valence-corrected chi connectivity index (χ3v) is 5.04. The summed E-state index contributed by atoms with van der Waals surface area (Å²) in [7, 11) is 0. The summed E-state index contributed by atoms with van der Waals surface area (Å²) in [5.41, 5.74) is 4.69. The number of benzene rings is 2. The number of nitrogens with zero attached hydrogens (tertiary/aromatic N) is 4. The van der Waals surface area contributed by atoms with Gasteiger partial charge >= 0.3 is 0 Å². The average molecular weight is 394 g/mol. The minimum Gasteiger partial charge on any atom is -0.332 e. The predicted molar refractivity (Wildman–Crippen MR) is 116 cm³/mol. The number of hydrogen-bond donors (Lipinski definition) is 0. The zero-order chi connectivity index (χ0) is 20.9. The molecule has 5 heteroatoms. The van der Waals surface area contributed by atoms with Gasteiger partial charge in [0.1, 0.15) is 11.9 Å². The molecule has 2 aromatic heterocycles. The van der Waals surface area contributed by atoms with Crippen LogP contribution in [0.15, 0.2) is 91.5 Å². The molecule has 0 bridgehead atoms.